The number of benzene rings is 1. The van der Waals surface area contributed by atoms with Crippen LogP contribution in [0.3, 0.4) is 0 Å². The first-order chi connectivity index (χ1) is 9.84. The molecule has 0 bridgehead atoms. The molecule has 7 nitrogen and oxygen atoms in total. The van der Waals surface area contributed by atoms with Crippen LogP contribution >= 0.6 is 0 Å². The standard InChI is InChI=1S/C13H15NO6S/c1-3-9(7-20-2)14-12(15)10-5-4-8(13(16)17)6-11(10)21(14,18)19/h4-6,9H,3,7H2,1-2H3,(H,16,17). The summed E-state index contributed by atoms with van der Waals surface area (Å²) in [5.41, 5.74) is -0.179. The zero-order valence-corrected chi connectivity index (χ0v) is 12.4. The highest BCUT2D eigenvalue weighted by atomic mass is 32.2. The van der Waals surface area contributed by atoms with Gasteiger partial charge in [-0.2, -0.15) is 0 Å². The normalized spacial score (nSPS) is 17.6. The van der Waals surface area contributed by atoms with Crippen LogP contribution in [0.2, 0.25) is 0 Å². The van der Waals surface area contributed by atoms with E-state index in [9.17, 15) is 18.0 Å². The van der Waals surface area contributed by atoms with Gasteiger partial charge in [-0.3, -0.25) is 4.79 Å². The summed E-state index contributed by atoms with van der Waals surface area (Å²) in [5, 5.41) is 8.94. The minimum atomic E-state index is -4.04. The molecule has 0 saturated heterocycles. The number of carbonyl (C=O) groups is 2. The third-order valence-electron chi connectivity index (χ3n) is 3.36. The molecule has 1 aliphatic heterocycles. The van der Waals surface area contributed by atoms with Gasteiger partial charge in [-0.1, -0.05) is 6.92 Å². The summed E-state index contributed by atoms with van der Waals surface area (Å²) < 4.78 is 30.7. The molecule has 0 saturated carbocycles. The number of nitrogens with zero attached hydrogens (tertiary/aromatic N) is 1. The van der Waals surface area contributed by atoms with E-state index in [0.717, 1.165) is 10.4 Å². The van der Waals surface area contributed by atoms with Crippen LogP contribution in [-0.2, 0) is 14.8 Å². The zero-order valence-electron chi connectivity index (χ0n) is 11.6. The molecular formula is C13H15NO6S. The lowest BCUT2D eigenvalue weighted by molar-refractivity contribution is 0.0693. The Bertz CT molecular complexity index is 697. The van der Waals surface area contributed by atoms with E-state index in [1.165, 1.54) is 19.2 Å². The van der Waals surface area contributed by atoms with E-state index in [1.807, 2.05) is 0 Å². The van der Waals surface area contributed by atoms with Gasteiger partial charge in [-0.25, -0.2) is 17.5 Å². The first-order valence-electron chi connectivity index (χ1n) is 6.29. The lowest BCUT2D eigenvalue weighted by atomic mass is 10.1. The molecule has 0 spiro atoms. The smallest absolute Gasteiger partial charge is 0.335 e. The van der Waals surface area contributed by atoms with Crippen molar-refractivity contribution in [2.75, 3.05) is 13.7 Å². The monoisotopic (exact) mass is 313 g/mol. The van der Waals surface area contributed by atoms with Gasteiger partial charge in [0, 0.05) is 7.11 Å². The minimum Gasteiger partial charge on any atom is -0.478 e. The largest absolute Gasteiger partial charge is 0.478 e. The van der Waals surface area contributed by atoms with Crippen LogP contribution in [0.25, 0.3) is 0 Å². The number of aromatic carboxylic acids is 1. The van der Waals surface area contributed by atoms with Gasteiger partial charge in [0.2, 0.25) is 0 Å². The Morgan fingerprint density at radius 1 is 1.43 bits per heavy atom. The van der Waals surface area contributed by atoms with Crippen molar-refractivity contribution in [3.63, 3.8) is 0 Å². The van der Waals surface area contributed by atoms with Crippen molar-refractivity contribution in [2.45, 2.75) is 24.3 Å². The van der Waals surface area contributed by atoms with Crippen molar-refractivity contribution in [1.29, 1.82) is 0 Å². The Labute approximate surface area is 122 Å². The van der Waals surface area contributed by atoms with E-state index >= 15 is 0 Å². The van der Waals surface area contributed by atoms with E-state index in [0.29, 0.717) is 6.42 Å². The Morgan fingerprint density at radius 3 is 2.62 bits per heavy atom. The first kappa shape index (κ1) is 15.5. The molecule has 2 rings (SSSR count). The molecular weight excluding hydrogens is 298 g/mol. The maximum atomic E-state index is 12.5. The summed E-state index contributed by atoms with van der Waals surface area (Å²) in [7, 11) is -2.62. The summed E-state index contributed by atoms with van der Waals surface area (Å²) in [6.45, 7) is 1.83. The summed E-state index contributed by atoms with van der Waals surface area (Å²) in [4.78, 5) is 23.0. The number of fused-ring (bicyclic) bond motifs is 1. The third kappa shape index (κ3) is 2.40. The van der Waals surface area contributed by atoms with Crippen molar-refractivity contribution in [2.24, 2.45) is 0 Å². The number of sulfonamides is 1. The highest BCUT2D eigenvalue weighted by Gasteiger charge is 2.44. The van der Waals surface area contributed by atoms with Crippen molar-refractivity contribution in [1.82, 2.24) is 4.31 Å². The minimum absolute atomic E-state index is 0.00504. The summed E-state index contributed by atoms with van der Waals surface area (Å²) in [6, 6.07) is 2.85. The lowest BCUT2D eigenvalue weighted by Gasteiger charge is -2.24. The van der Waals surface area contributed by atoms with Gasteiger partial charge in [-0.15, -0.1) is 0 Å². The van der Waals surface area contributed by atoms with Gasteiger partial charge < -0.3 is 9.84 Å². The van der Waals surface area contributed by atoms with Crippen LogP contribution in [0.4, 0.5) is 0 Å². The molecule has 1 amide bonds. The van der Waals surface area contributed by atoms with Crippen molar-refractivity contribution >= 4 is 21.9 Å². The van der Waals surface area contributed by atoms with E-state index in [1.54, 1.807) is 6.92 Å². The Hall–Kier alpha value is -1.93. The van der Waals surface area contributed by atoms with E-state index in [4.69, 9.17) is 9.84 Å². The molecule has 21 heavy (non-hydrogen) atoms. The quantitative estimate of drug-likeness (QED) is 0.868. The molecule has 1 aliphatic rings. The topological polar surface area (TPSA) is 101 Å². The number of rotatable bonds is 5. The van der Waals surface area contributed by atoms with Gasteiger partial charge in [0.1, 0.15) is 4.90 Å². The maximum absolute atomic E-state index is 12.5. The lowest BCUT2D eigenvalue weighted by Crippen LogP contribution is -2.42. The maximum Gasteiger partial charge on any atom is 0.335 e. The predicted molar refractivity (Wildman–Crippen MR) is 72.7 cm³/mol. The number of carbonyl (C=O) groups excluding carboxylic acids is 1. The number of hydrogen-bond donors (Lipinski definition) is 1. The summed E-state index contributed by atoms with van der Waals surface area (Å²) in [5.74, 6) is -1.89. The molecule has 1 unspecified atom stereocenters. The average molecular weight is 313 g/mol. The molecule has 1 aromatic carbocycles. The van der Waals surface area contributed by atoms with Crippen LogP contribution < -0.4 is 0 Å². The van der Waals surface area contributed by atoms with Gasteiger partial charge in [0.15, 0.2) is 0 Å². The molecule has 0 radical (unpaired) electrons. The fraction of sp³-hybridized carbons (Fsp3) is 0.385. The van der Waals surface area contributed by atoms with Gasteiger partial charge in [-0.05, 0) is 24.6 Å². The summed E-state index contributed by atoms with van der Waals surface area (Å²) >= 11 is 0. The molecule has 0 aromatic heterocycles. The number of carboxylic acid groups (broad SMARTS) is 1. The molecule has 114 valence electrons. The highest BCUT2D eigenvalue weighted by Crippen LogP contribution is 2.33. The van der Waals surface area contributed by atoms with Crippen molar-refractivity contribution in [3.8, 4) is 0 Å². The Kier molecular flexibility index (Phi) is 4.02. The number of ether oxygens (including phenoxy) is 1. The second-order valence-electron chi connectivity index (χ2n) is 4.64. The molecule has 0 aliphatic carbocycles. The molecule has 1 N–H and O–H groups in total. The zero-order chi connectivity index (χ0) is 15.8. The predicted octanol–water partition coefficient (Wildman–Crippen LogP) is 0.954. The highest BCUT2D eigenvalue weighted by molar-refractivity contribution is 7.90. The molecule has 0 fully saturated rings. The van der Waals surface area contributed by atoms with Crippen LogP contribution in [-0.4, -0.2) is 49.5 Å². The number of amides is 1. The molecule has 8 heteroatoms. The van der Waals surface area contributed by atoms with Gasteiger partial charge in [0.05, 0.1) is 23.8 Å². The SMILES string of the molecule is CCC(COC)N1C(=O)c2ccc(C(=O)O)cc2S1(=O)=O. The molecule has 1 heterocycles. The van der Waals surface area contributed by atoms with E-state index < -0.39 is 27.9 Å². The molecule has 1 aromatic rings. The van der Waals surface area contributed by atoms with Crippen LogP contribution in [0.1, 0.15) is 34.1 Å². The fourth-order valence-corrected chi connectivity index (χ4v) is 4.13. The van der Waals surface area contributed by atoms with Crippen molar-refractivity contribution < 1.29 is 27.9 Å². The van der Waals surface area contributed by atoms with E-state index in [-0.39, 0.29) is 22.6 Å². The summed E-state index contributed by atoms with van der Waals surface area (Å²) in [6.07, 6.45) is 0.401. The Balaban J connectivity index is 2.56. The second kappa shape index (κ2) is 5.45. The molecule has 1 atom stereocenters. The average Bonchev–Trinajstić information content (AvgIpc) is 2.64. The number of carboxylic acids is 1. The van der Waals surface area contributed by atoms with Crippen molar-refractivity contribution in [3.05, 3.63) is 29.3 Å². The van der Waals surface area contributed by atoms with E-state index in [2.05, 4.69) is 0 Å². The number of hydrogen-bond acceptors (Lipinski definition) is 5. The van der Waals surface area contributed by atoms with Gasteiger partial charge in [0.25, 0.3) is 15.9 Å². The van der Waals surface area contributed by atoms with Crippen LogP contribution in [0, 0.1) is 0 Å². The fourth-order valence-electron chi connectivity index (χ4n) is 2.29. The number of methoxy groups -OCH3 is 1. The van der Waals surface area contributed by atoms with Crippen LogP contribution in [0.15, 0.2) is 23.1 Å². The third-order valence-corrected chi connectivity index (χ3v) is 5.23. The van der Waals surface area contributed by atoms with Gasteiger partial charge >= 0.3 is 5.97 Å². The van der Waals surface area contributed by atoms with Crippen LogP contribution in [0.5, 0.6) is 0 Å². The first-order valence-corrected chi connectivity index (χ1v) is 7.73. The second-order valence-corrected chi connectivity index (χ2v) is 6.42. The Morgan fingerprint density at radius 2 is 2.10 bits per heavy atom.